The first kappa shape index (κ1) is 8.69. The molecular formula is C9H13FN2O. The zero-order valence-electron chi connectivity index (χ0n) is 7.66. The number of hydrogen-bond donors (Lipinski definition) is 0. The van der Waals surface area contributed by atoms with E-state index in [-0.39, 0.29) is 6.04 Å². The number of nitrogens with zero attached hydrogens (tertiary/aromatic N) is 2. The average Bonchev–Trinajstić information content (AvgIpc) is 2.27. The topological polar surface area (TPSA) is 23.6 Å². The number of carbonyl (C=O) groups is 1. The van der Waals surface area contributed by atoms with Gasteiger partial charge < -0.3 is 4.90 Å². The number of halogens is 1. The minimum absolute atomic E-state index is 0.227. The molecule has 0 bridgehead atoms. The van der Waals surface area contributed by atoms with E-state index < -0.39 is 11.7 Å². The van der Waals surface area contributed by atoms with Gasteiger partial charge in [-0.05, 0) is 13.5 Å². The molecule has 0 radical (unpaired) electrons. The highest BCUT2D eigenvalue weighted by Crippen LogP contribution is 2.32. The molecule has 72 valence electrons. The quantitative estimate of drug-likeness (QED) is 0.550. The summed E-state index contributed by atoms with van der Waals surface area (Å²) in [5.74, 6) is -1.37. The summed E-state index contributed by atoms with van der Waals surface area (Å²) in [7, 11) is 2.04. The lowest BCUT2D eigenvalue weighted by Gasteiger charge is -2.45. The first-order valence-electron chi connectivity index (χ1n) is 4.47. The summed E-state index contributed by atoms with van der Waals surface area (Å²) < 4.78 is 12.5. The number of rotatable bonds is 1. The molecule has 0 aromatic heterocycles. The number of likely N-dealkylation sites (N-methyl/N-ethyl adjacent to an activating group) is 1. The summed E-state index contributed by atoms with van der Waals surface area (Å²) >= 11 is 0. The van der Waals surface area contributed by atoms with Crippen LogP contribution in [0.25, 0.3) is 0 Å². The van der Waals surface area contributed by atoms with Crippen molar-refractivity contribution in [2.45, 2.75) is 18.5 Å². The van der Waals surface area contributed by atoms with Crippen molar-refractivity contribution in [3.63, 3.8) is 0 Å². The fraction of sp³-hybridized carbons (Fsp3) is 0.667. The normalized spacial score (nSPS) is 32.6. The van der Waals surface area contributed by atoms with Crippen molar-refractivity contribution in [3.05, 3.63) is 12.4 Å². The Labute approximate surface area is 76.8 Å². The van der Waals surface area contributed by atoms with Gasteiger partial charge in [0.2, 0.25) is 0 Å². The van der Waals surface area contributed by atoms with Crippen LogP contribution in [0.2, 0.25) is 0 Å². The largest absolute Gasteiger partial charge is 0.330 e. The molecule has 2 aliphatic heterocycles. The van der Waals surface area contributed by atoms with Gasteiger partial charge in [-0.3, -0.25) is 9.69 Å². The second kappa shape index (κ2) is 2.80. The maximum atomic E-state index is 12.5. The molecule has 13 heavy (non-hydrogen) atoms. The number of hydrogen-bond acceptors (Lipinski definition) is 2. The smallest absolute Gasteiger partial charge is 0.282 e. The zero-order chi connectivity index (χ0) is 9.59. The van der Waals surface area contributed by atoms with Crippen LogP contribution in [0.5, 0.6) is 0 Å². The molecule has 2 heterocycles. The predicted octanol–water partition coefficient (Wildman–Crippen LogP) is 0.384. The Kier molecular flexibility index (Phi) is 1.87. The molecule has 0 aromatic carbocycles. The van der Waals surface area contributed by atoms with Crippen LogP contribution in [0.1, 0.15) is 6.42 Å². The highest BCUT2D eigenvalue weighted by atomic mass is 19.1. The summed E-state index contributed by atoms with van der Waals surface area (Å²) in [5.41, 5.74) is 0. The lowest BCUT2D eigenvalue weighted by Crippen LogP contribution is -2.63. The summed E-state index contributed by atoms with van der Waals surface area (Å²) in [6, 6.07) is 0.674. The Morgan fingerprint density at radius 1 is 1.54 bits per heavy atom. The van der Waals surface area contributed by atoms with Gasteiger partial charge >= 0.3 is 0 Å². The molecule has 0 saturated carbocycles. The lowest BCUT2D eigenvalue weighted by molar-refractivity contribution is -0.138. The predicted molar refractivity (Wildman–Crippen MR) is 46.8 cm³/mol. The minimum atomic E-state index is -0.840. The molecule has 0 N–H and O–H groups in total. The van der Waals surface area contributed by atoms with Gasteiger partial charge in [0.1, 0.15) is 0 Å². The van der Waals surface area contributed by atoms with E-state index in [1.54, 1.807) is 4.90 Å². The highest BCUT2D eigenvalue weighted by Gasteiger charge is 2.47. The van der Waals surface area contributed by atoms with Crippen LogP contribution >= 0.6 is 0 Å². The number of amides is 1. The molecule has 0 spiro atoms. The second-order valence-corrected chi connectivity index (χ2v) is 3.77. The van der Waals surface area contributed by atoms with Crippen LogP contribution in [-0.2, 0) is 4.79 Å². The van der Waals surface area contributed by atoms with E-state index in [1.165, 1.54) is 0 Å². The van der Waals surface area contributed by atoms with E-state index in [4.69, 9.17) is 0 Å². The van der Waals surface area contributed by atoms with Crippen LogP contribution in [0.4, 0.5) is 4.39 Å². The Hall–Kier alpha value is -0.900. The van der Waals surface area contributed by atoms with E-state index in [9.17, 15) is 9.18 Å². The van der Waals surface area contributed by atoms with Gasteiger partial charge in [0.15, 0.2) is 5.83 Å². The standard InChI is InChI=1S/C9H13FN2O/c1-6(10)9(13)12-5-8-7(12)3-4-11(8)2/h7-8H,1,3-5H2,2H3. The van der Waals surface area contributed by atoms with Gasteiger partial charge in [-0.1, -0.05) is 6.58 Å². The summed E-state index contributed by atoms with van der Waals surface area (Å²) in [5, 5.41) is 0. The lowest BCUT2D eigenvalue weighted by atomic mass is 9.97. The van der Waals surface area contributed by atoms with Crippen molar-refractivity contribution < 1.29 is 9.18 Å². The molecule has 1 amide bonds. The maximum absolute atomic E-state index is 12.5. The molecule has 4 heteroatoms. The van der Waals surface area contributed by atoms with Crippen molar-refractivity contribution >= 4 is 5.91 Å². The first-order chi connectivity index (χ1) is 6.11. The van der Waals surface area contributed by atoms with Gasteiger partial charge in [0.05, 0.1) is 6.04 Å². The van der Waals surface area contributed by atoms with Crippen molar-refractivity contribution in [1.29, 1.82) is 0 Å². The molecule has 2 unspecified atom stereocenters. The van der Waals surface area contributed by atoms with Crippen LogP contribution in [0.15, 0.2) is 12.4 Å². The van der Waals surface area contributed by atoms with E-state index >= 15 is 0 Å². The van der Waals surface area contributed by atoms with Crippen molar-refractivity contribution in [2.24, 2.45) is 0 Å². The molecule has 0 aliphatic carbocycles. The van der Waals surface area contributed by atoms with E-state index in [0.717, 1.165) is 13.0 Å². The summed E-state index contributed by atoms with van der Waals surface area (Å²) in [6.45, 7) is 4.67. The summed E-state index contributed by atoms with van der Waals surface area (Å²) in [4.78, 5) is 15.0. The van der Waals surface area contributed by atoms with Crippen molar-refractivity contribution in [1.82, 2.24) is 9.80 Å². The Morgan fingerprint density at radius 2 is 2.23 bits per heavy atom. The van der Waals surface area contributed by atoms with Gasteiger partial charge in [-0.2, -0.15) is 0 Å². The van der Waals surface area contributed by atoms with Crippen molar-refractivity contribution in [3.8, 4) is 0 Å². The third kappa shape index (κ3) is 1.16. The molecule has 3 nitrogen and oxygen atoms in total. The van der Waals surface area contributed by atoms with Gasteiger partial charge in [0, 0.05) is 19.1 Å². The zero-order valence-corrected chi connectivity index (χ0v) is 7.66. The van der Waals surface area contributed by atoms with E-state index in [2.05, 4.69) is 11.5 Å². The van der Waals surface area contributed by atoms with Crippen LogP contribution in [0, 0.1) is 0 Å². The van der Waals surface area contributed by atoms with Crippen molar-refractivity contribution in [2.75, 3.05) is 20.1 Å². The molecular weight excluding hydrogens is 171 g/mol. The third-order valence-corrected chi connectivity index (χ3v) is 3.06. The van der Waals surface area contributed by atoms with Crippen LogP contribution < -0.4 is 0 Å². The Balaban J connectivity index is 2.01. The fourth-order valence-corrected chi connectivity index (χ4v) is 2.20. The maximum Gasteiger partial charge on any atom is 0.282 e. The van der Waals surface area contributed by atoms with Crippen LogP contribution in [0.3, 0.4) is 0 Å². The number of fused-ring (bicyclic) bond motifs is 1. The average molecular weight is 184 g/mol. The Morgan fingerprint density at radius 3 is 2.77 bits per heavy atom. The molecule has 2 saturated heterocycles. The molecule has 2 aliphatic rings. The molecule has 2 atom stereocenters. The van der Waals surface area contributed by atoms with Gasteiger partial charge in [0.25, 0.3) is 5.91 Å². The highest BCUT2D eigenvalue weighted by molar-refractivity contribution is 5.91. The summed E-state index contributed by atoms with van der Waals surface area (Å²) in [6.07, 6.45) is 0.959. The van der Waals surface area contributed by atoms with Crippen LogP contribution in [-0.4, -0.2) is 47.9 Å². The Bertz CT molecular complexity index is 266. The SMILES string of the molecule is C=C(F)C(=O)N1CC2C1CCN2C. The monoisotopic (exact) mass is 184 g/mol. The minimum Gasteiger partial charge on any atom is -0.330 e. The first-order valence-corrected chi connectivity index (χ1v) is 4.47. The molecule has 0 aromatic rings. The molecule has 2 rings (SSSR count). The number of likely N-dealkylation sites (tertiary alicyclic amines) is 2. The van der Waals surface area contributed by atoms with Gasteiger partial charge in [-0.25, -0.2) is 4.39 Å². The second-order valence-electron chi connectivity index (χ2n) is 3.77. The molecule has 2 fully saturated rings. The fourth-order valence-electron chi connectivity index (χ4n) is 2.20. The van der Waals surface area contributed by atoms with Gasteiger partial charge in [-0.15, -0.1) is 0 Å². The van der Waals surface area contributed by atoms with E-state index in [1.807, 2.05) is 7.05 Å². The third-order valence-electron chi connectivity index (χ3n) is 3.06. The van der Waals surface area contributed by atoms with E-state index in [0.29, 0.717) is 12.6 Å². The number of carbonyl (C=O) groups excluding carboxylic acids is 1.